The highest BCUT2D eigenvalue weighted by Crippen LogP contribution is 2.67. The van der Waals surface area contributed by atoms with Crippen LogP contribution in [-0.4, -0.2) is 66.8 Å². The van der Waals surface area contributed by atoms with Crippen LogP contribution < -0.4 is 31.5 Å². The van der Waals surface area contributed by atoms with Gasteiger partial charge in [0, 0.05) is 31.7 Å². The third-order valence-corrected chi connectivity index (χ3v) is 15.8. The van der Waals surface area contributed by atoms with Crippen LogP contribution in [0.15, 0.2) is 60.2 Å². The van der Waals surface area contributed by atoms with Crippen LogP contribution in [0.25, 0.3) is 0 Å². The van der Waals surface area contributed by atoms with Crippen molar-refractivity contribution >= 4 is 41.2 Å². The number of hydrogen-bond donors (Lipinski definition) is 6. The zero-order chi connectivity index (χ0) is 48.1. The molecule has 0 aliphatic heterocycles. The second-order valence-corrected chi connectivity index (χ2v) is 20.8. The molecule has 0 aromatic heterocycles. The van der Waals surface area contributed by atoms with Crippen molar-refractivity contribution < 1.29 is 43.4 Å². The lowest BCUT2D eigenvalue weighted by molar-refractivity contribution is -0.130. The second-order valence-electron chi connectivity index (χ2n) is 20.8. The maximum absolute atomic E-state index is 12.6. The summed E-state index contributed by atoms with van der Waals surface area (Å²) in [7, 11) is 0. The Morgan fingerprint density at radius 3 is 2.25 bits per heavy atom. The first kappa shape index (κ1) is 51.4. The van der Waals surface area contributed by atoms with Crippen molar-refractivity contribution in [1.29, 1.82) is 0 Å². The van der Waals surface area contributed by atoms with Crippen molar-refractivity contribution in [1.82, 2.24) is 16.0 Å². The van der Waals surface area contributed by atoms with Gasteiger partial charge < -0.3 is 35.5 Å². The van der Waals surface area contributed by atoms with Crippen LogP contribution in [0.1, 0.15) is 137 Å². The molecular weight excluding hydrogens is 851 g/mol. The summed E-state index contributed by atoms with van der Waals surface area (Å²) in [5, 5.41) is 19.5. The van der Waals surface area contributed by atoms with E-state index in [1.807, 2.05) is 5.48 Å². The van der Waals surface area contributed by atoms with Crippen molar-refractivity contribution in [2.45, 2.75) is 150 Å². The van der Waals surface area contributed by atoms with Crippen molar-refractivity contribution in [3.05, 3.63) is 65.7 Å². The monoisotopic (exact) mass is 928 g/mol. The minimum absolute atomic E-state index is 0.00739. The third kappa shape index (κ3) is 13.8. The highest BCUT2D eigenvalue weighted by atomic mass is 16.7. The quantitative estimate of drug-likeness (QED) is 0.0218. The molecule has 4 aliphatic carbocycles. The fourth-order valence-electron chi connectivity index (χ4n) is 12.1. The van der Waals surface area contributed by atoms with E-state index in [0.717, 1.165) is 48.3 Å². The van der Waals surface area contributed by atoms with Gasteiger partial charge in [0.05, 0.1) is 18.3 Å². The summed E-state index contributed by atoms with van der Waals surface area (Å²) < 4.78 is 16.6. The van der Waals surface area contributed by atoms with Crippen molar-refractivity contribution in [3.63, 3.8) is 0 Å². The number of ether oxygens (including phenoxy) is 3. The first-order chi connectivity index (χ1) is 32.1. The molecule has 6 N–H and O–H groups in total. The van der Waals surface area contributed by atoms with E-state index in [2.05, 4.69) is 62.0 Å². The maximum Gasteiger partial charge on any atom is 0.514 e. The molecule has 9 atom stereocenters. The first-order valence-electron chi connectivity index (χ1n) is 25.0. The number of rotatable bonds is 22. The third-order valence-electron chi connectivity index (χ3n) is 15.8. The van der Waals surface area contributed by atoms with Gasteiger partial charge in [-0.3, -0.25) is 29.9 Å². The van der Waals surface area contributed by atoms with E-state index in [-0.39, 0.29) is 49.2 Å². The standard InChI is InChI=1S/C53H77N5O9/c1-34(2)9-7-10-35(3)44-21-22-45-43-20-13-38-31-42(25-27-52(38,5)46(43)26-28-53(44,45)6)65-30-8-29-54-47(59)23-24-48(60)56-36(4)50(62)55-32-49(61)57-39-14-11-37(12-15-39)33-66-51(63)67-41-18-16-40(58-64)17-19-41/h11-19,34-36,42-46,58,64H,7-10,20-33H2,1-6H3,(H,54,59)(H,55,62)(H,56,60)(H,57,61). The van der Waals surface area contributed by atoms with Crippen LogP contribution in [0.4, 0.5) is 16.2 Å². The first-order valence-corrected chi connectivity index (χ1v) is 25.0. The van der Waals surface area contributed by atoms with Crippen molar-refractivity contribution in [2.75, 3.05) is 30.5 Å². The average Bonchev–Trinajstić information content (AvgIpc) is 3.67. The molecule has 3 fully saturated rings. The minimum atomic E-state index is -0.913. The van der Waals surface area contributed by atoms with E-state index in [4.69, 9.17) is 19.4 Å². The largest absolute Gasteiger partial charge is 0.514 e. The van der Waals surface area contributed by atoms with Crippen LogP contribution in [0.2, 0.25) is 0 Å². The molecule has 9 unspecified atom stereocenters. The van der Waals surface area contributed by atoms with Crippen LogP contribution in [-0.2, 0) is 35.3 Å². The summed E-state index contributed by atoms with van der Waals surface area (Å²) in [6.45, 7) is 14.7. The predicted molar refractivity (Wildman–Crippen MR) is 258 cm³/mol. The molecule has 0 bridgehead atoms. The highest BCUT2D eigenvalue weighted by molar-refractivity contribution is 5.96. The summed E-state index contributed by atoms with van der Waals surface area (Å²) in [5.41, 5.74) is 5.94. The van der Waals surface area contributed by atoms with Crippen molar-refractivity contribution in [2.24, 2.45) is 46.3 Å². The molecule has 2 aromatic carbocycles. The van der Waals surface area contributed by atoms with Crippen LogP contribution in [0.3, 0.4) is 0 Å². The molecule has 4 amide bonds. The molecule has 368 valence electrons. The van der Waals surface area contributed by atoms with Gasteiger partial charge in [0.15, 0.2) is 0 Å². The van der Waals surface area contributed by atoms with E-state index in [1.165, 1.54) is 89.0 Å². The molecule has 4 aliphatic rings. The second kappa shape index (κ2) is 23.9. The zero-order valence-corrected chi connectivity index (χ0v) is 40.8. The summed E-state index contributed by atoms with van der Waals surface area (Å²) >= 11 is 0. The number of hydrogen-bond acceptors (Lipinski definition) is 10. The number of benzene rings is 2. The number of carbonyl (C=O) groups excluding carboxylic acids is 5. The Labute approximate surface area is 397 Å². The van der Waals surface area contributed by atoms with E-state index in [1.54, 1.807) is 29.8 Å². The van der Waals surface area contributed by atoms with Gasteiger partial charge in [-0.15, -0.1) is 0 Å². The number of amides is 4. The number of fused-ring (bicyclic) bond motifs is 5. The molecule has 14 heteroatoms. The van der Waals surface area contributed by atoms with Crippen LogP contribution >= 0.6 is 0 Å². The number of allylic oxidation sites excluding steroid dienone is 1. The normalized spacial score (nSPS) is 26.1. The topological polar surface area (TPSA) is 193 Å². The van der Waals surface area contributed by atoms with Crippen LogP contribution in [0.5, 0.6) is 5.75 Å². The Morgan fingerprint density at radius 1 is 0.791 bits per heavy atom. The van der Waals surface area contributed by atoms with Gasteiger partial charge in [-0.1, -0.05) is 77.7 Å². The summed E-state index contributed by atoms with van der Waals surface area (Å²) in [6, 6.07) is 11.7. The molecule has 0 spiro atoms. The molecule has 0 heterocycles. The summed E-state index contributed by atoms with van der Waals surface area (Å²) in [4.78, 5) is 62.2. The van der Waals surface area contributed by atoms with Gasteiger partial charge in [0.1, 0.15) is 18.4 Å². The van der Waals surface area contributed by atoms with Gasteiger partial charge in [-0.05, 0) is 153 Å². The van der Waals surface area contributed by atoms with Gasteiger partial charge in [0.2, 0.25) is 23.6 Å². The van der Waals surface area contributed by atoms with Gasteiger partial charge in [-0.2, -0.15) is 0 Å². The Bertz CT molecular complexity index is 2020. The minimum Gasteiger partial charge on any atom is -0.429 e. The molecule has 0 saturated heterocycles. The van der Waals surface area contributed by atoms with E-state index in [9.17, 15) is 24.0 Å². The summed E-state index contributed by atoms with van der Waals surface area (Å²) in [5.74, 6) is 3.51. The Balaban J connectivity index is 0.803. The summed E-state index contributed by atoms with van der Waals surface area (Å²) in [6.07, 6.45) is 16.8. The van der Waals surface area contributed by atoms with E-state index >= 15 is 0 Å². The molecule has 3 saturated carbocycles. The molecule has 67 heavy (non-hydrogen) atoms. The Morgan fingerprint density at radius 2 is 1.52 bits per heavy atom. The molecule has 6 rings (SSSR count). The molecule has 14 nitrogen and oxygen atoms in total. The zero-order valence-electron chi connectivity index (χ0n) is 40.8. The molecule has 0 radical (unpaired) electrons. The predicted octanol–water partition coefficient (Wildman–Crippen LogP) is 9.48. The Hall–Kier alpha value is -4.95. The highest BCUT2D eigenvalue weighted by Gasteiger charge is 2.59. The lowest BCUT2D eigenvalue weighted by atomic mass is 9.47. The lowest BCUT2D eigenvalue weighted by Crippen LogP contribution is -2.51. The maximum atomic E-state index is 12.6. The van der Waals surface area contributed by atoms with E-state index in [0.29, 0.717) is 41.9 Å². The Kier molecular flexibility index (Phi) is 18.3. The fourth-order valence-corrected chi connectivity index (χ4v) is 12.1. The number of nitrogens with one attached hydrogen (secondary N) is 5. The van der Waals surface area contributed by atoms with Gasteiger partial charge >= 0.3 is 6.16 Å². The van der Waals surface area contributed by atoms with Gasteiger partial charge in [-0.25, -0.2) is 4.79 Å². The van der Waals surface area contributed by atoms with Crippen molar-refractivity contribution in [3.8, 4) is 5.75 Å². The van der Waals surface area contributed by atoms with E-state index < -0.39 is 29.9 Å². The SMILES string of the molecule is CC(C)CCCC(C)C1CCC2C3CC=C4CC(OCCCNC(=O)CCC(=O)NC(C)C(=O)NCC(=O)Nc5ccc(COC(=O)Oc6ccc(NO)cc6)cc5)CCC4(C)C3CCC12C. The fraction of sp³-hybridized carbons (Fsp3) is 0.642. The van der Waals surface area contributed by atoms with Gasteiger partial charge in [0.25, 0.3) is 0 Å². The molecule has 2 aromatic rings. The van der Waals surface area contributed by atoms with Crippen LogP contribution in [0, 0.1) is 46.3 Å². The molecular formula is C53H77N5O9. The lowest BCUT2D eigenvalue weighted by Gasteiger charge is -2.58. The number of anilines is 2. The number of carbonyl (C=O) groups is 5. The smallest absolute Gasteiger partial charge is 0.429 e. The average molecular weight is 928 g/mol.